The fourth-order valence-electron chi connectivity index (χ4n) is 7.02. The number of nitrogens with zero attached hydrogens (tertiary/aromatic N) is 2. The molecule has 2 fully saturated rings. The topological polar surface area (TPSA) is 119 Å². The third-order valence-corrected chi connectivity index (χ3v) is 13.8. The number of amides is 1. The summed E-state index contributed by atoms with van der Waals surface area (Å²) >= 11 is 0. The molecule has 0 spiro atoms. The van der Waals surface area contributed by atoms with Crippen molar-refractivity contribution in [2.24, 2.45) is 5.41 Å². The minimum Gasteiger partial charge on any atom is -0.338 e. The number of alkyl halides is 7. The van der Waals surface area contributed by atoms with Gasteiger partial charge in [0.2, 0.25) is 5.91 Å². The van der Waals surface area contributed by atoms with Crippen LogP contribution >= 0.6 is 0 Å². The molecule has 2 heterocycles. The van der Waals surface area contributed by atoms with Crippen LogP contribution in [0.4, 0.5) is 35.1 Å². The minimum atomic E-state index is -6.39. The summed E-state index contributed by atoms with van der Waals surface area (Å²) in [6.45, 7) is -0.222. The molecule has 250 valence electrons. The Hall–Kier alpha value is -3.26. The zero-order chi connectivity index (χ0) is 34.1. The lowest BCUT2D eigenvalue weighted by Gasteiger charge is -2.43. The molecule has 0 bridgehead atoms. The predicted molar refractivity (Wildman–Crippen MR) is 148 cm³/mol. The Morgan fingerprint density at radius 3 is 2.13 bits per heavy atom. The van der Waals surface area contributed by atoms with E-state index in [0.717, 1.165) is 30.3 Å². The average Bonchev–Trinajstić information content (AvgIpc) is 3.39. The third kappa shape index (κ3) is 5.15. The van der Waals surface area contributed by atoms with E-state index in [1.165, 1.54) is 4.90 Å². The first-order chi connectivity index (χ1) is 21.1. The van der Waals surface area contributed by atoms with Gasteiger partial charge >= 0.3 is 18.0 Å². The summed E-state index contributed by atoms with van der Waals surface area (Å²) < 4.78 is 157. The number of likely N-dealkylation sites (tertiary alicyclic amines) is 1. The molecule has 0 saturated carbocycles. The molecule has 1 aliphatic carbocycles. The molecule has 17 heteroatoms. The van der Waals surface area contributed by atoms with E-state index in [9.17, 15) is 53.4 Å². The highest BCUT2D eigenvalue weighted by Gasteiger charge is 2.74. The van der Waals surface area contributed by atoms with Crippen molar-refractivity contribution in [1.82, 2.24) is 4.90 Å². The summed E-state index contributed by atoms with van der Waals surface area (Å²) in [6, 6.07) is 5.84. The number of carbonyl (C=O) groups excluding carboxylic acids is 1. The van der Waals surface area contributed by atoms with Crippen molar-refractivity contribution in [3.05, 3.63) is 65.0 Å². The second kappa shape index (κ2) is 10.9. The molecule has 7 nitrogen and oxygen atoms in total. The molecule has 1 N–H and O–H groups in total. The van der Waals surface area contributed by atoms with Crippen LogP contribution in [0.5, 0.6) is 0 Å². The van der Waals surface area contributed by atoms with Gasteiger partial charge in [0, 0.05) is 39.8 Å². The smallest absolute Gasteiger partial charge is 0.338 e. The number of benzene rings is 2. The van der Waals surface area contributed by atoms with E-state index in [1.54, 1.807) is 0 Å². The highest BCUT2D eigenvalue weighted by molar-refractivity contribution is 7.92. The van der Waals surface area contributed by atoms with E-state index in [2.05, 4.69) is 6.07 Å². The van der Waals surface area contributed by atoms with Crippen molar-refractivity contribution in [3.8, 4) is 6.07 Å². The molecule has 2 atom stereocenters. The van der Waals surface area contributed by atoms with Gasteiger partial charge in [0.15, 0.2) is 9.84 Å². The first-order valence-electron chi connectivity index (χ1n) is 14.1. The Labute approximate surface area is 259 Å². The SMILES string of the molecule is N#CC1(CC(=O)N2CC[C@@]3(S(=O)(=O)c4ccc(F)cc4)c4ccc(C(F)(C(F)(F)F)C(F)(F)F)cc4CC[C@@H]23)CCS(=N)(=O)CC1. The van der Waals surface area contributed by atoms with Gasteiger partial charge < -0.3 is 4.90 Å². The average molecular weight is 698 g/mol. The quantitative estimate of drug-likeness (QED) is 0.301. The Morgan fingerprint density at radius 1 is 1.00 bits per heavy atom. The monoisotopic (exact) mass is 697 g/mol. The Balaban J connectivity index is 1.63. The van der Waals surface area contributed by atoms with Crippen molar-refractivity contribution < 1.29 is 52.5 Å². The maximum atomic E-state index is 15.0. The molecule has 3 aliphatic rings. The number of nitriles is 1. The summed E-state index contributed by atoms with van der Waals surface area (Å²) in [5, 5.41) is 9.93. The number of sulfone groups is 1. The zero-order valence-electron chi connectivity index (χ0n) is 23.9. The number of aryl methyl sites for hydroxylation is 1. The first kappa shape index (κ1) is 34.1. The van der Waals surface area contributed by atoms with E-state index in [4.69, 9.17) is 4.78 Å². The highest BCUT2D eigenvalue weighted by atomic mass is 32.2. The van der Waals surface area contributed by atoms with Crippen molar-refractivity contribution >= 4 is 25.5 Å². The second-order valence-corrected chi connectivity index (χ2v) is 16.7. The van der Waals surface area contributed by atoms with Gasteiger partial charge in [-0.3, -0.25) is 9.57 Å². The molecule has 2 aromatic carbocycles. The minimum absolute atomic E-state index is 0.00982. The summed E-state index contributed by atoms with van der Waals surface area (Å²) in [5.74, 6) is -1.64. The van der Waals surface area contributed by atoms with Gasteiger partial charge in [0.25, 0.3) is 0 Å². The number of carbonyl (C=O) groups is 1. The summed E-state index contributed by atoms with van der Waals surface area (Å²) in [4.78, 5) is 14.6. The van der Waals surface area contributed by atoms with E-state index < -0.39 is 82.4 Å². The van der Waals surface area contributed by atoms with Gasteiger partial charge in [-0.2, -0.15) is 31.6 Å². The largest absolute Gasteiger partial charge is 0.435 e. The van der Waals surface area contributed by atoms with E-state index in [1.807, 2.05) is 0 Å². The second-order valence-electron chi connectivity index (χ2n) is 12.1. The van der Waals surface area contributed by atoms with Crippen molar-refractivity contribution in [2.45, 2.75) is 72.2 Å². The Kier molecular flexibility index (Phi) is 8.07. The molecule has 5 rings (SSSR count). The Morgan fingerprint density at radius 2 is 1.59 bits per heavy atom. The predicted octanol–water partition coefficient (Wildman–Crippen LogP) is 6.07. The standard InChI is InChI=1S/C29H27F8N3O4S2/c30-20-3-5-21(6-4-20)46(43,44)26-9-12-40(24(41)16-25(17-38)10-13-45(39,42)14-11-25)23(26)8-1-18-15-19(2-7-22(18)26)27(31,28(32,33)34)29(35,36)37/h2-7,15,23,39H,1,8-14,16H2/t23-,25?,26-,45?/m1/s1. The number of nitrogens with one attached hydrogen (secondary N) is 1. The van der Waals surface area contributed by atoms with Crippen molar-refractivity contribution in [1.29, 1.82) is 10.0 Å². The van der Waals surface area contributed by atoms with Crippen LogP contribution in [0.2, 0.25) is 0 Å². The molecule has 0 unspecified atom stereocenters. The van der Waals surface area contributed by atoms with Crippen molar-refractivity contribution in [2.75, 3.05) is 18.1 Å². The lowest BCUT2D eigenvalue weighted by atomic mass is 9.76. The molecule has 1 amide bonds. The number of hydrogen-bond donors (Lipinski definition) is 1. The molecule has 46 heavy (non-hydrogen) atoms. The maximum Gasteiger partial charge on any atom is 0.435 e. The lowest BCUT2D eigenvalue weighted by molar-refractivity contribution is -0.348. The lowest BCUT2D eigenvalue weighted by Crippen LogP contribution is -2.53. The third-order valence-electron chi connectivity index (χ3n) is 9.54. The van der Waals surface area contributed by atoms with Gasteiger partial charge in [-0.1, -0.05) is 18.2 Å². The summed E-state index contributed by atoms with van der Waals surface area (Å²) in [7, 11) is -7.57. The van der Waals surface area contributed by atoms with Crippen LogP contribution in [0.25, 0.3) is 0 Å². The molecule has 0 radical (unpaired) electrons. The molecule has 2 aromatic rings. The van der Waals surface area contributed by atoms with Gasteiger partial charge in [-0.15, -0.1) is 0 Å². The summed E-state index contributed by atoms with van der Waals surface area (Å²) in [5.41, 5.74) is -9.29. The molecule has 2 aliphatic heterocycles. The van der Waals surface area contributed by atoms with Gasteiger partial charge in [0.05, 0.1) is 22.4 Å². The normalized spacial score (nSPS) is 28.7. The maximum absolute atomic E-state index is 15.0. The van der Waals surface area contributed by atoms with Crippen LogP contribution in [0.1, 0.15) is 48.8 Å². The number of rotatable bonds is 5. The molecule has 2 saturated heterocycles. The van der Waals surface area contributed by atoms with Crippen LogP contribution in [0.15, 0.2) is 47.4 Å². The van der Waals surface area contributed by atoms with E-state index >= 15 is 4.39 Å². The van der Waals surface area contributed by atoms with Gasteiger partial charge in [-0.25, -0.2) is 21.4 Å². The van der Waals surface area contributed by atoms with E-state index in [-0.39, 0.29) is 67.3 Å². The molecular weight excluding hydrogens is 670 g/mol. The van der Waals surface area contributed by atoms with Crippen LogP contribution in [-0.4, -0.2) is 59.9 Å². The molecule has 0 aromatic heterocycles. The van der Waals surface area contributed by atoms with Crippen LogP contribution in [0.3, 0.4) is 0 Å². The fourth-order valence-corrected chi connectivity index (χ4v) is 11.0. The first-order valence-corrected chi connectivity index (χ1v) is 17.4. The van der Waals surface area contributed by atoms with Crippen LogP contribution in [0, 0.1) is 27.3 Å². The Bertz CT molecular complexity index is 1790. The van der Waals surface area contributed by atoms with Crippen LogP contribution < -0.4 is 0 Å². The summed E-state index contributed by atoms with van der Waals surface area (Å²) in [6.07, 6.45) is -14.1. The van der Waals surface area contributed by atoms with Gasteiger partial charge in [-0.05, 0) is 67.5 Å². The van der Waals surface area contributed by atoms with Crippen LogP contribution in [-0.2, 0) is 41.2 Å². The molecular formula is C29H27F8N3O4S2. The van der Waals surface area contributed by atoms with Crippen molar-refractivity contribution in [3.63, 3.8) is 0 Å². The fraction of sp³-hybridized carbons (Fsp3) is 0.517. The van der Waals surface area contributed by atoms with E-state index in [0.29, 0.717) is 6.07 Å². The number of fused-ring (bicyclic) bond motifs is 3. The zero-order valence-corrected chi connectivity index (χ0v) is 25.5. The number of hydrogen-bond acceptors (Lipinski definition) is 6. The number of halogens is 8. The van der Waals surface area contributed by atoms with Gasteiger partial charge in [0.1, 0.15) is 10.6 Å². The highest BCUT2D eigenvalue weighted by Crippen LogP contribution is 2.57.